The number of halogens is 3. The molecule has 0 aliphatic rings. The van der Waals surface area contributed by atoms with Crippen LogP contribution >= 0.6 is 27.5 Å². The van der Waals surface area contributed by atoms with Crippen LogP contribution in [0.1, 0.15) is 11.1 Å². The molecule has 0 unspecified atom stereocenters. The highest BCUT2D eigenvalue weighted by molar-refractivity contribution is 9.10. The summed E-state index contributed by atoms with van der Waals surface area (Å²) in [7, 11) is 0. The first-order valence-corrected chi connectivity index (χ1v) is 7.59. The summed E-state index contributed by atoms with van der Waals surface area (Å²) in [6.45, 7) is -0.525. The summed E-state index contributed by atoms with van der Waals surface area (Å²) >= 11 is 9.55. The molecule has 2 nitrogen and oxygen atoms in total. The SMILES string of the molecule is OCC(CO)(Cc1ccc(Br)cc1Cl)c1ccc(F)cc1. The van der Waals surface area contributed by atoms with Gasteiger partial charge in [-0.1, -0.05) is 45.7 Å². The highest BCUT2D eigenvalue weighted by Gasteiger charge is 2.32. The van der Waals surface area contributed by atoms with Crippen LogP contribution in [-0.4, -0.2) is 23.4 Å². The third-order valence-electron chi connectivity index (χ3n) is 3.61. The number of aliphatic hydroxyl groups is 2. The third kappa shape index (κ3) is 3.64. The zero-order valence-electron chi connectivity index (χ0n) is 11.2. The van der Waals surface area contributed by atoms with Gasteiger partial charge in [-0.2, -0.15) is 0 Å². The van der Waals surface area contributed by atoms with Crippen LogP contribution in [0.3, 0.4) is 0 Å². The van der Waals surface area contributed by atoms with Gasteiger partial charge in [0.25, 0.3) is 0 Å². The number of hydrogen-bond acceptors (Lipinski definition) is 2. The second kappa shape index (κ2) is 6.88. The molecule has 0 bridgehead atoms. The standard InChI is InChI=1S/C16H15BrClFO2/c17-13-4-1-11(15(18)7-13)8-16(9-20,10-21)12-2-5-14(19)6-3-12/h1-7,20-21H,8-10H2. The van der Waals surface area contributed by atoms with E-state index < -0.39 is 5.41 Å². The second-order valence-corrected chi connectivity index (χ2v) is 6.34. The minimum absolute atomic E-state index is 0.262. The van der Waals surface area contributed by atoms with E-state index in [4.69, 9.17) is 11.6 Å². The van der Waals surface area contributed by atoms with Crippen molar-refractivity contribution < 1.29 is 14.6 Å². The molecule has 0 amide bonds. The molecule has 21 heavy (non-hydrogen) atoms. The Morgan fingerprint density at radius 3 is 2.19 bits per heavy atom. The first kappa shape index (κ1) is 16.4. The van der Waals surface area contributed by atoms with Crippen LogP contribution in [0.15, 0.2) is 46.9 Å². The Hall–Kier alpha value is -0.940. The largest absolute Gasteiger partial charge is 0.395 e. The smallest absolute Gasteiger partial charge is 0.123 e. The van der Waals surface area contributed by atoms with Crippen molar-refractivity contribution in [1.29, 1.82) is 0 Å². The number of benzene rings is 2. The summed E-state index contributed by atoms with van der Waals surface area (Å²) < 4.78 is 13.9. The molecule has 0 saturated carbocycles. The van der Waals surface area contributed by atoms with Crippen LogP contribution in [0.25, 0.3) is 0 Å². The minimum Gasteiger partial charge on any atom is -0.395 e. The molecule has 112 valence electrons. The maximum Gasteiger partial charge on any atom is 0.123 e. The topological polar surface area (TPSA) is 40.5 Å². The predicted molar refractivity (Wildman–Crippen MR) is 85.1 cm³/mol. The molecule has 0 aliphatic carbocycles. The molecule has 2 N–H and O–H groups in total. The first-order chi connectivity index (χ1) is 10.0. The van der Waals surface area contributed by atoms with Crippen molar-refractivity contribution in [3.8, 4) is 0 Å². The van der Waals surface area contributed by atoms with Gasteiger partial charge in [0, 0.05) is 14.9 Å². The normalized spacial score (nSPS) is 11.7. The third-order valence-corrected chi connectivity index (χ3v) is 4.45. The van der Waals surface area contributed by atoms with Crippen molar-refractivity contribution in [2.75, 3.05) is 13.2 Å². The summed E-state index contributed by atoms with van der Waals surface area (Å²) in [6.07, 6.45) is 0.359. The minimum atomic E-state index is -0.898. The highest BCUT2D eigenvalue weighted by atomic mass is 79.9. The second-order valence-electron chi connectivity index (χ2n) is 5.02. The molecule has 2 aromatic rings. The molecule has 0 atom stereocenters. The van der Waals surface area contributed by atoms with E-state index in [-0.39, 0.29) is 19.0 Å². The van der Waals surface area contributed by atoms with Gasteiger partial charge in [-0.05, 0) is 41.8 Å². The van der Waals surface area contributed by atoms with Crippen LogP contribution in [0.4, 0.5) is 4.39 Å². The Labute approximate surface area is 136 Å². The number of aliphatic hydroxyl groups excluding tert-OH is 2. The number of rotatable bonds is 5. The molecule has 0 heterocycles. The van der Waals surface area contributed by atoms with E-state index in [9.17, 15) is 14.6 Å². The monoisotopic (exact) mass is 372 g/mol. The molecular formula is C16H15BrClFO2. The summed E-state index contributed by atoms with van der Waals surface area (Å²) in [4.78, 5) is 0. The van der Waals surface area contributed by atoms with Crippen LogP contribution in [0, 0.1) is 5.82 Å². The Balaban J connectivity index is 2.40. The van der Waals surface area contributed by atoms with E-state index in [0.29, 0.717) is 17.0 Å². The lowest BCUT2D eigenvalue weighted by Gasteiger charge is -2.31. The van der Waals surface area contributed by atoms with Crippen LogP contribution in [0.2, 0.25) is 5.02 Å². The summed E-state index contributed by atoms with van der Waals surface area (Å²) in [6, 6.07) is 11.3. The van der Waals surface area contributed by atoms with Gasteiger partial charge < -0.3 is 10.2 Å². The van der Waals surface area contributed by atoms with Gasteiger partial charge in [-0.25, -0.2) is 4.39 Å². The Morgan fingerprint density at radius 1 is 1.05 bits per heavy atom. The quantitative estimate of drug-likeness (QED) is 0.839. The van der Waals surface area contributed by atoms with Gasteiger partial charge in [0.2, 0.25) is 0 Å². The van der Waals surface area contributed by atoms with Gasteiger partial charge >= 0.3 is 0 Å². The lowest BCUT2D eigenvalue weighted by Crippen LogP contribution is -2.37. The number of hydrogen-bond donors (Lipinski definition) is 2. The van der Waals surface area contributed by atoms with Crippen molar-refractivity contribution in [1.82, 2.24) is 0 Å². The molecule has 2 aromatic carbocycles. The maximum absolute atomic E-state index is 13.1. The Kier molecular flexibility index (Phi) is 5.38. The van der Waals surface area contributed by atoms with Gasteiger partial charge in [-0.3, -0.25) is 0 Å². The molecule has 5 heteroatoms. The van der Waals surface area contributed by atoms with Gasteiger partial charge in [0.15, 0.2) is 0 Å². The zero-order chi connectivity index (χ0) is 15.5. The summed E-state index contributed by atoms with van der Waals surface area (Å²) in [5.41, 5.74) is 0.589. The van der Waals surface area contributed by atoms with E-state index >= 15 is 0 Å². The Morgan fingerprint density at radius 2 is 1.67 bits per heavy atom. The fraction of sp³-hybridized carbons (Fsp3) is 0.250. The van der Waals surface area contributed by atoms with Gasteiger partial charge in [0.1, 0.15) is 5.82 Å². The van der Waals surface area contributed by atoms with Gasteiger partial charge in [-0.15, -0.1) is 0 Å². The maximum atomic E-state index is 13.1. The molecule has 0 spiro atoms. The Bertz CT molecular complexity index is 612. The lowest BCUT2D eigenvalue weighted by atomic mass is 9.77. The zero-order valence-corrected chi connectivity index (χ0v) is 13.5. The lowest BCUT2D eigenvalue weighted by molar-refractivity contribution is 0.116. The average molecular weight is 374 g/mol. The molecule has 0 aromatic heterocycles. The molecule has 2 rings (SSSR count). The van der Waals surface area contributed by atoms with Crippen molar-refractivity contribution in [3.63, 3.8) is 0 Å². The van der Waals surface area contributed by atoms with E-state index in [1.807, 2.05) is 12.1 Å². The molecular weight excluding hydrogens is 359 g/mol. The van der Waals surface area contributed by atoms with Crippen molar-refractivity contribution in [2.45, 2.75) is 11.8 Å². The predicted octanol–water partition coefficient (Wildman–Crippen LogP) is 3.71. The summed E-state index contributed by atoms with van der Waals surface area (Å²) in [5.74, 6) is -0.356. The van der Waals surface area contributed by atoms with E-state index in [1.165, 1.54) is 12.1 Å². The van der Waals surface area contributed by atoms with E-state index in [2.05, 4.69) is 15.9 Å². The fourth-order valence-corrected chi connectivity index (χ4v) is 3.02. The van der Waals surface area contributed by atoms with Crippen LogP contribution in [0.5, 0.6) is 0 Å². The van der Waals surface area contributed by atoms with Gasteiger partial charge in [0.05, 0.1) is 13.2 Å². The first-order valence-electron chi connectivity index (χ1n) is 6.42. The molecule has 0 saturated heterocycles. The van der Waals surface area contributed by atoms with Crippen molar-refractivity contribution in [3.05, 3.63) is 68.9 Å². The van der Waals surface area contributed by atoms with E-state index in [1.54, 1.807) is 18.2 Å². The van der Waals surface area contributed by atoms with Crippen LogP contribution in [-0.2, 0) is 11.8 Å². The van der Waals surface area contributed by atoms with E-state index in [0.717, 1.165) is 10.0 Å². The average Bonchev–Trinajstić information content (AvgIpc) is 2.48. The molecule has 0 radical (unpaired) electrons. The van der Waals surface area contributed by atoms with Crippen molar-refractivity contribution in [2.24, 2.45) is 0 Å². The highest BCUT2D eigenvalue weighted by Crippen LogP contribution is 2.32. The van der Waals surface area contributed by atoms with Crippen molar-refractivity contribution >= 4 is 27.5 Å². The summed E-state index contributed by atoms with van der Waals surface area (Å²) in [5, 5.41) is 20.2. The van der Waals surface area contributed by atoms with Crippen LogP contribution < -0.4 is 0 Å². The fourth-order valence-electron chi connectivity index (χ4n) is 2.28. The molecule has 0 fully saturated rings. The molecule has 0 aliphatic heterocycles.